The number of carboxylic acids is 1. The minimum atomic E-state index is -0.804. The molecule has 1 saturated carbocycles. The Labute approximate surface area is 68.5 Å². The number of carbonyl (C=O) groups is 1. The van der Waals surface area contributed by atoms with Crippen molar-refractivity contribution in [3.8, 4) is 0 Å². The molecule has 1 aromatic rings. The summed E-state index contributed by atoms with van der Waals surface area (Å²) < 4.78 is 0. The molecule has 0 spiro atoms. The van der Waals surface area contributed by atoms with Crippen molar-refractivity contribution in [1.82, 2.24) is 0 Å². The zero-order valence-corrected chi connectivity index (χ0v) is 6.73. The Bertz CT molecular complexity index is 286. The average Bonchev–Trinajstić information content (AvgIpc) is 2.68. The third kappa shape index (κ3) is 1.28. The molecule has 1 aliphatic carbocycles. The third-order valence-electron chi connectivity index (χ3n) is 1.82. The number of carboxylic acid groups (broad SMARTS) is 1. The Morgan fingerprint density at radius 3 is 2.73 bits per heavy atom. The zero-order valence-electron chi connectivity index (χ0n) is 5.91. The standard InChI is InChI=1S/C8H8O2S/c9-8(10)7-4-3-6(11-7)5-1-2-5/h3-5H,1-2H2,(H,9,10). The van der Waals surface area contributed by atoms with E-state index in [1.807, 2.05) is 6.07 Å². The molecule has 1 N–H and O–H groups in total. The van der Waals surface area contributed by atoms with Crippen molar-refractivity contribution in [1.29, 1.82) is 0 Å². The van der Waals surface area contributed by atoms with E-state index in [1.54, 1.807) is 6.07 Å². The molecule has 2 rings (SSSR count). The number of hydrogen-bond donors (Lipinski definition) is 1. The smallest absolute Gasteiger partial charge is 0.345 e. The Balaban J connectivity index is 2.25. The number of aromatic carboxylic acids is 1. The summed E-state index contributed by atoms with van der Waals surface area (Å²) in [6.07, 6.45) is 2.47. The van der Waals surface area contributed by atoms with Gasteiger partial charge in [-0.25, -0.2) is 4.79 Å². The predicted molar refractivity (Wildman–Crippen MR) is 43.3 cm³/mol. The largest absolute Gasteiger partial charge is 0.477 e. The van der Waals surface area contributed by atoms with E-state index in [1.165, 1.54) is 29.1 Å². The monoisotopic (exact) mass is 168 g/mol. The van der Waals surface area contributed by atoms with Crippen LogP contribution in [0.1, 0.15) is 33.3 Å². The summed E-state index contributed by atoms with van der Waals surface area (Å²) in [7, 11) is 0. The van der Waals surface area contributed by atoms with E-state index in [0.717, 1.165) is 0 Å². The van der Waals surface area contributed by atoms with E-state index in [2.05, 4.69) is 0 Å². The SMILES string of the molecule is O=C(O)c1ccc(C2CC2)s1. The van der Waals surface area contributed by atoms with Crippen LogP contribution in [-0.4, -0.2) is 11.1 Å². The second-order valence-electron chi connectivity index (χ2n) is 2.78. The minimum absolute atomic E-state index is 0.465. The van der Waals surface area contributed by atoms with Crippen molar-refractivity contribution in [2.45, 2.75) is 18.8 Å². The van der Waals surface area contributed by atoms with Gasteiger partial charge >= 0.3 is 5.97 Å². The Kier molecular flexibility index (Phi) is 1.46. The van der Waals surface area contributed by atoms with E-state index in [-0.39, 0.29) is 0 Å². The van der Waals surface area contributed by atoms with Gasteiger partial charge in [0, 0.05) is 4.88 Å². The molecule has 0 radical (unpaired) electrons. The number of rotatable bonds is 2. The lowest BCUT2D eigenvalue weighted by atomic mass is 10.3. The van der Waals surface area contributed by atoms with Gasteiger partial charge in [0.15, 0.2) is 0 Å². The second-order valence-corrected chi connectivity index (χ2v) is 3.90. The first kappa shape index (κ1) is 6.85. The maximum absolute atomic E-state index is 10.5. The molecular weight excluding hydrogens is 160 g/mol. The molecule has 1 heterocycles. The minimum Gasteiger partial charge on any atom is -0.477 e. The normalized spacial score (nSPS) is 16.7. The number of hydrogen-bond acceptors (Lipinski definition) is 2. The van der Waals surface area contributed by atoms with Crippen molar-refractivity contribution >= 4 is 17.3 Å². The van der Waals surface area contributed by atoms with Gasteiger partial charge in [-0.05, 0) is 30.9 Å². The number of thiophene rings is 1. The van der Waals surface area contributed by atoms with Crippen LogP contribution in [-0.2, 0) is 0 Å². The summed E-state index contributed by atoms with van der Waals surface area (Å²) in [5.41, 5.74) is 0. The van der Waals surface area contributed by atoms with Gasteiger partial charge in [-0.2, -0.15) is 0 Å². The van der Waals surface area contributed by atoms with Gasteiger partial charge in [0.25, 0.3) is 0 Å². The molecule has 11 heavy (non-hydrogen) atoms. The second kappa shape index (κ2) is 2.34. The van der Waals surface area contributed by atoms with Crippen LogP contribution in [0.4, 0.5) is 0 Å². The highest BCUT2D eigenvalue weighted by Gasteiger charge is 2.25. The van der Waals surface area contributed by atoms with Gasteiger partial charge in [0.1, 0.15) is 4.88 Å². The van der Waals surface area contributed by atoms with Gasteiger partial charge in [-0.15, -0.1) is 11.3 Å². The summed E-state index contributed by atoms with van der Waals surface area (Å²) in [4.78, 5) is 12.2. The van der Waals surface area contributed by atoms with Gasteiger partial charge in [0.2, 0.25) is 0 Å². The van der Waals surface area contributed by atoms with Gasteiger partial charge in [-0.1, -0.05) is 0 Å². The fourth-order valence-electron chi connectivity index (χ4n) is 1.06. The molecule has 0 aliphatic heterocycles. The highest BCUT2D eigenvalue weighted by molar-refractivity contribution is 7.14. The van der Waals surface area contributed by atoms with Crippen molar-refractivity contribution in [2.24, 2.45) is 0 Å². The summed E-state index contributed by atoms with van der Waals surface area (Å²) >= 11 is 1.41. The average molecular weight is 168 g/mol. The van der Waals surface area contributed by atoms with Crippen LogP contribution in [0, 0.1) is 0 Å². The van der Waals surface area contributed by atoms with E-state index >= 15 is 0 Å². The maximum Gasteiger partial charge on any atom is 0.345 e. The van der Waals surface area contributed by atoms with E-state index < -0.39 is 5.97 Å². The lowest BCUT2D eigenvalue weighted by molar-refractivity contribution is 0.0702. The fraction of sp³-hybridized carbons (Fsp3) is 0.375. The quantitative estimate of drug-likeness (QED) is 0.735. The summed E-state index contributed by atoms with van der Waals surface area (Å²) in [6, 6.07) is 3.63. The molecule has 0 unspecified atom stereocenters. The maximum atomic E-state index is 10.5. The van der Waals surface area contributed by atoms with Crippen LogP contribution in [0.3, 0.4) is 0 Å². The molecule has 0 atom stereocenters. The summed E-state index contributed by atoms with van der Waals surface area (Å²) in [6.45, 7) is 0. The molecule has 1 fully saturated rings. The first-order valence-electron chi connectivity index (χ1n) is 3.60. The zero-order chi connectivity index (χ0) is 7.84. The Morgan fingerprint density at radius 2 is 2.27 bits per heavy atom. The summed E-state index contributed by atoms with van der Waals surface area (Å²) in [5, 5.41) is 8.61. The molecule has 2 nitrogen and oxygen atoms in total. The van der Waals surface area contributed by atoms with Gasteiger partial charge in [0.05, 0.1) is 0 Å². The van der Waals surface area contributed by atoms with Gasteiger partial charge in [-0.3, -0.25) is 0 Å². The molecule has 58 valence electrons. The highest BCUT2D eigenvalue weighted by atomic mass is 32.1. The molecule has 1 aliphatic rings. The van der Waals surface area contributed by atoms with Crippen LogP contribution < -0.4 is 0 Å². The Morgan fingerprint density at radius 1 is 1.55 bits per heavy atom. The third-order valence-corrected chi connectivity index (χ3v) is 3.05. The molecule has 1 aromatic heterocycles. The lowest BCUT2D eigenvalue weighted by Crippen LogP contribution is -1.89. The summed E-state index contributed by atoms with van der Waals surface area (Å²) in [5.74, 6) is -0.130. The fourth-order valence-corrected chi connectivity index (χ4v) is 2.07. The highest BCUT2D eigenvalue weighted by Crippen LogP contribution is 2.43. The van der Waals surface area contributed by atoms with Crippen LogP contribution in [0.15, 0.2) is 12.1 Å². The van der Waals surface area contributed by atoms with Gasteiger partial charge < -0.3 is 5.11 Å². The van der Waals surface area contributed by atoms with Crippen LogP contribution in [0.5, 0.6) is 0 Å². The van der Waals surface area contributed by atoms with Crippen LogP contribution in [0.2, 0.25) is 0 Å². The van der Waals surface area contributed by atoms with Crippen LogP contribution >= 0.6 is 11.3 Å². The molecular formula is C8H8O2S. The molecule has 0 saturated heterocycles. The van der Waals surface area contributed by atoms with Crippen LogP contribution in [0.25, 0.3) is 0 Å². The first-order valence-corrected chi connectivity index (χ1v) is 4.42. The molecule has 0 amide bonds. The van der Waals surface area contributed by atoms with Crippen molar-refractivity contribution < 1.29 is 9.90 Å². The predicted octanol–water partition coefficient (Wildman–Crippen LogP) is 2.32. The van der Waals surface area contributed by atoms with E-state index in [0.29, 0.717) is 10.8 Å². The topological polar surface area (TPSA) is 37.3 Å². The van der Waals surface area contributed by atoms with E-state index in [4.69, 9.17) is 5.11 Å². The molecule has 3 heteroatoms. The molecule has 0 aromatic carbocycles. The van der Waals surface area contributed by atoms with Crippen molar-refractivity contribution in [3.63, 3.8) is 0 Å². The van der Waals surface area contributed by atoms with E-state index in [9.17, 15) is 4.79 Å². The lowest BCUT2D eigenvalue weighted by Gasteiger charge is -1.85. The van der Waals surface area contributed by atoms with Crippen molar-refractivity contribution in [3.05, 3.63) is 21.9 Å². The first-order chi connectivity index (χ1) is 5.27. The Hall–Kier alpha value is -0.830. The van der Waals surface area contributed by atoms with Crippen molar-refractivity contribution in [2.75, 3.05) is 0 Å². The molecule has 0 bridgehead atoms.